The zero-order valence-electron chi connectivity index (χ0n) is 12.4. The number of carbonyl (C=O) groups excluding carboxylic acids is 1. The van der Waals surface area contributed by atoms with Crippen LogP contribution in [0.15, 0.2) is 18.2 Å². The Hall–Kier alpha value is -1.10. The van der Waals surface area contributed by atoms with Gasteiger partial charge in [-0.05, 0) is 50.4 Å². The van der Waals surface area contributed by atoms with E-state index in [0.29, 0.717) is 23.7 Å². The summed E-state index contributed by atoms with van der Waals surface area (Å²) in [6, 6.07) is 6.63. The number of carbonyl (C=O) groups is 1. The number of aryl methyl sites for hydroxylation is 1. The maximum absolute atomic E-state index is 12.1. The Balaban J connectivity index is 1.51. The van der Waals surface area contributed by atoms with Gasteiger partial charge in [-0.2, -0.15) is 0 Å². The van der Waals surface area contributed by atoms with Crippen LogP contribution in [0.25, 0.3) is 0 Å². The molecule has 0 aromatic heterocycles. The molecule has 2 atom stereocenters. The highest BCUT2D eigenvalue weighted by Crippen LogP contribution is 2.27. The Labute approximate surface area is 130 Å². The van der Waals surface area contributed by atoms with Crippen LogP contribution in [0.5, 0.6) is 0 Å². The molecule has 1 aromatic carbocycles. The number of nitrogens with zero attached hydrogens (tertiary/aromatic N) is 1. The Morgan fingerprint density at radius 2 is 2.24 bits per heavy atom. The summed E-state index contributed by atoms with van der Waals surface area (Å²) >= 11 is 5.97. The average Bonchev–Trinajstić information content (AvgIpc) is 3.04. The molecule has 2 N–H and O–H groups in total. The predicted octanol–water partition coefficient (Wildman–Crippen LogP) is 2.41. The topological polar surface area (TPSA) is 44.4 Å². The molecule has 3 rings (SSSR count). The molecular formula is C16H22ClN3O. The zero-order valence-corrected chi connectivity index (χ0v) is 13.1. The number of hydrogen-bond donors (Lipinski definition) is 2. The fraction of sp³-hybridized carbons (Fsp3) is 0.562. The average molecular weight is 308 g/mol. The van der Waals surface area contributed by atoms with Crippen molar-refractivity contribution in [2.45, 2.75) is 38.3 Å². The molecule has 0 bridgehead atoms. The highest BCUT2D eigenvalue weighted by Gasteiger charge is 2.36. The lowest BCUT2D eigenvalue weighted by atomic mass is 10.1. The van der Waals surface area contributed by atoms with Gasteiger partial charge < -0.3 is 10.6 Å². The van der Waals surface area contributed by atoms with Crippen molar-refractivity contribution in [2.24, 2.45) is 0 Å². The molecule has 2 aliphatic rings. The summed E-state index contributed by atoms with van der Waals surface area (Å²) < 4.78 is 0. The van der Waals surface area contributed by atoms with Crippen LogP contribution in [-0.4, -0.2) is 42.5 Å². The second-order valence-electron chi connectivity index (χ2n) is 6.03. The van der Waals surface area contributed by atoms with E-state index in [1.54, 1.807) is 6.07 Å². The third kappa shape index (κ3) is 3.39. The van der Waals surface area contributed by atoms with E-state index in [2.05, 4.69) is 15.5 Å². The number of nitrogens with one attached hydrogen (secondary N) is 2. The van der Waals surface area contributed by atoms with Gasteiger partial charge in [-0.25, -0.2) is 0 Å². The smallest absolute Gasteiger partial charge is 0.238 e. The van der Waals surface area contributed by atoms with Crippen LogP contribution in [0, 0.1) is 6.92 Å². The molecule has 21 heavy (non-hydrogen) atoms. The third-order valence-corrected chi connectivity index (χ3v) is 4.84. The molecule has 2 heterocycles. The van der Waals surface area contributed by atoms with Gasteiger partial charge in [0.05, 0.1) is 6.54 Å². The molecule has 1 aromatic rings. The van der Waals surface area contributed by atoms with E-state index < -0.39 is 0 Å². The standard InChI is InChI=1S/C16H22ClN3O/c1-11-4-5-12(17)9-14(11)19-16(21)10-18-13-6-8-20-7-2-3-15(13)20/h4-5,9,13,15,18H,2-3,6-8,10H2,1H3,(H,19,21). The molecule has 2 saturated heterocycles. The quantitative estimate of drug-likeness (QED) is 0.898. The summed E-state index contributed by atoms with van der Waals surface area (Å²) in [5, 5.41) is 7.00. The van der Waals surface area contributed by atoms with Gasteiger partial charge in [-0.15, -0.1) is 0 Å². The summed E-state index contributed by atoms with van der Waals surface area (Å²) in [6.07, 6.45) is 3.69. The van der Waals surface area contributed by atoms with E-state index in [0.717, 1.165) is 24.2 Å². The van der Waals surface area contributed by atoms with Crippen LogP contribution in [-0.2, 0) is 4.79 Å². The molecular weight excluding hydrogens is 286 g/mol. The molecule has 0 radical (unpaired) electrons. The van der Waals surface area contributed by atoms with Crippen molar-refractivity contribution in [3.05, 3.63) is 28.8 Å². The number of rotatable bonds is 4. The molecule has 4 nitrogen and oxygen atoms in total. The molecule has 2 unspecified atom stereocenters. The minimum absolute atomic E-state index is 0.00295. The lowest BCUT2D eigenvalue weighted by Crippen LogP contribution is -2.42. The van der Waals surface area contributed by atoms with Crippen molar-refractivity contribution in [3.63, 3.8) is 0 Å². The van der Waals surface area contributed by atoms with Crippen LogP contribution < -0.4 is 10.6 Å². The second-order valence-corrected chi connectivity index (χ2v) is 6.47. The van der Waals surface area contributed by atoms with Crippen molar-refractivity contribution >= 4 is 23.2 Å². The maximum atomic E-state index is 12.1. The van der Waals surface area contributed by atoms with Gasteiger partial charge in [0.15, 0.2) is 0 Å². The van der Waals surface area contributed by atoms with Crippen LogP contribution in [0.2, 0.25) is 5.02 Å². The largest absolute Gasteiger partial charge is 0.325 e. The van der Waals surface area contributed by atoms with Crippen LogP contribution in [0.1, 0.15) is 24.8 Å². The van der Waals surface area contributed by atoms with E-state index >= 15 is 0 Å². The predicted molar refractivity (Wildman–Crippen MR) is 85.8 cm³/mol. The molecule has 114 valence electrons. The number of fused-ring (bicyclic) bond motifs is 1. The van der Waals surface area contributed by atoms with Crippen LogP contribution in [0.4, 0.5) is 5.69 Å². The Morgan fingerprint density at radius 1 is 1.38 bits per heavy atom. The first-order chi connectivity index (χ1) is 10.1. The first-order valence-corrected chi connectivity index (χ1v) is 8.05. The number of halogens is 1. The zero-order chi connectivity index (χ0) is 14.8. The van der Waals surface area contributed by atoms with Gasteiger partial charge in [0.25, 0.3) is 0 Å². The van der Waals surface area contributed by atoms with Gasteiger partial charge in [-0.3, -0.25) is 9.69 Å². The van der Waals surface area contributed by atoms with E-state index in [9.17, 15) is 4.79 Å². The number of amides is 1. The van der Waals surface area contributed by atoms with Gasteiger partial charge in [0, 0.05) is 29.3 Å². The Bertz CT molecular complexity index is 534. The van der Waals surface area contributed by atoms with E-state index in [1.807, 2.05) is 19.1 Å². The third-order valence-electron chi connectivity index (χ3n) is 4.60. The van der Waals surface area contributed by atoms with Gasteiger partial charge in [0.2, 0.25) is 5.91 Å². The van der Waals surface area contributed by atoms with E-state index in [4.69, 9.17) is 11.6 Å². The number of hydrogen-bond acceptors (Lipinski definition) is 3. The number of benzene rings is 1. The first kappa shape index (κ1) is 14.8. The molecule has 0 spiro atoms. The van der Waals surface area contributed by atoms with Gasteiger partial charge in [0.1, 0.15) is 0 Å². The first-order valence-electron chi connectivity index (χ1n) is 7.67. The van der Waals surface area contributed by atoms with Crippen molar-refractivity contribution in [2.75, 3.05) is 25.0 Å². The van der Waals surface area contributed by atoms with Crippen molar-refractivity contribution < 1.29 is 4.79 Å². The van der Waals surface area contributed by atoms with Crippen LogP contribution >= 0.6 is 11.6 Å². The lowest BCUT2D eigenvalue weighted by Gasteiger charge is -2.21. The lowest BCUT2D eigenvalue weighted by molar-refractivity contribution is -0.115. The highest BCUT2D eigenvalue weighted by atomic mass is 35.5. The second kappa shape index (κ2) is 6.34. The summed E-state index contributed by atoms with van der Waals surface area (Å²) in [4.78, 5) is 14.6. The molecule has 0 saturated carbocycles. The summed E-state index contributed by atoms with van der Waals surface area (Å²) in [5.74, 6) is -0.00295. The summed E-state index contributed by atoms with van der Waals surface area (Å²) in [5.41, 5.74) is 1.82. The highest BCUT2D eigenvalue weighted by molar-refractivity contribution is 6.31. The Morgan fingerprint density at radius 3 is 3.10 bits per heavy atom. The molecule has 2 aliphatic heterocycles. The van der Waals surface area contributed by atoms with Crippen molar-refractivity contribution in [1.29, 1.82) is 0 Å². The van der Waals surface area contributed by atoms with E-state index in [1.165, 1.54) is 19.4 Å². The SMILES string of the molecule is Cc1ccc(Cl)cc1NC(=O)CNC1CCN2CCCC12. The van der Waals surface area contributed by atoms with Crippen LogP contribution in [0.3, 0.4) is 0 Å². The number of anilines is 1. The Kier molecular flexibility index (Phi) is 4.48. The van der Waals surface area contributed by atoms with Gasteiger partial charge >= 0.3 is 0 Å². The summed E-state index contributed by atoms with van der Waals surface area (Å²) in [6.45, 7) is 4.71. The van der Waals surface area contributed by atoms with Crippen molar-refractivity contribution in [1.82, 2.24) is 10.2 Å². The fourth-order valence-corrected chi connectivity index (χ4v) is 3.64. The minimum atomic E-state index is -0.00295. The van der Waals surface area contributed by atoms with Gasteiger partial charge in [-0.1, -0.05) is 17.7 Å². The van der Waals surface area contributed by atoms with Crippen molar-refractivity contribution in [3.8, 4) is 0 Å². The fourth-order valence-electron chi connectivity index (χ4n) is 3.47. The maximum Gasteiger partial charge on any atom is 0.238 e. The summed E-state index contributed by atoms with van der Waals surface area (Å²) in [7, 11) is 0. The molecule has 1 amide bonds. The minimum Gasteiger partial charge on any atom is -0.325 e. The monoisotopic (exact) mass is 307 g/mol. The molecule has 2 fully saturated rings. The molecule has 5 heteroatoms. The normalized spacial score (nSPS) is 25.0. The van der Waals surface area contributed by atoms with E-state index in [-0.39, 0.29) is 5.91 Å². The molecule has 0 aliphatic carbocycles.